The topological polar surface area (TPSA) is 21.3 Å². The fourth-order valence-corrected chi connectivity index (χ4v) is 2.54. The third-order valence-corrected chi connectivity index (χ3v) is 4.63. The third kappa shape index (κ3) is 3.35. The van der Waals surface area contributed by atoms with Gasteiger partial charge in [0.15, 0.2) is 0 Å². The van der Waals surface area contributed by atoms with Crippen molar-refractivity contribution in [2.45, 2.75) is 60.1 Å². The van der Waals surface area contributed by atoms with Crippen LogP contribution in [0, 0.1) is 11.3 Å². The van der Waals surface area contributed by atoms with Crippen LogP contribution in [0.1, 0.15) is 52.7 Å². The molecule has 0 spiro atoms. The van der Waals surface area contributed by atoms with Crippen LogP contribution in [0.25, 0.3) is 0 Å². The molecule has 1 aliphatic rings. The molecule has 0 fully saturated rings. The summed E-state index contributed by atoms with van der Waals surface area (Å²) in [6, 6.07) is 6.51. The van der Waals surface area contributed by atoms with Crippen LogP contribution in [0.3, 0.4) is 0 Å². The number of hydrogen-bond donors (Lipinski definition) is 1. The van der Waals surface area contributed by atoms with Crippen LogP contribution in [0.4, 0.5) is 0 Å². The summed E-state index contributed by atoms with van der Waals surface area (Å²) >= 11 is 0. The normalized spacial score (nSPS) is 17.1. The van der Waals surface area contributed by atoms with E-state index in [1.807, 2.05) is 0 Å². The summed E-state index contributed by atoms with van der Waals surface area (Å²) in [5.41, 5.74) is 2.89. The van der Waals surface area contributed by atoms with Crippen molar-refractivity contribution in [1.82, 2.24) is 5.32 Å². The molecule has 0 unspecified atom stereocenters. The van der Waals surface area contributed by atoms with Crippen LogP contribution in [-0.2, 0) is 13.0 Å². The van der Waals surface area contributed by atoms with Gasteiger partial charge in [0, 0.05) is 25.1 Å². The minimum atomic E-state index is -0.0599. The predicted octanol–water partition coefficient (Wildman–Crippen LogP) is 4.17. The monoisotopic (exact) mass is 275 g/mol. The van der Waals surface area contributed by atoms with E-state index in [1.54, 1.807) is 0 Å². The highest BCUT2D eigenvalue weighted by atomic mass is 16.5. The molecule has 0 aromatic heterocycles. The van der Waals surface area contributed by atoms with Crippen molar-refractivity contribution in [3.05, 3.63) is 29.3 Å². The highest BCUT2D eigenvalue weighted by Crippen LogP contribution is 2.37. The molecule has 0 saturated heterocycles. The van der Waals surface area contributed by atoms with E-state index >= 15 is 0 Å². The first-order chi connectivity index (χ1) is 9.21. The molecule has 0 bridgehead atoms. The number of rotatable bonds is 5. The number of para-hydroxylation sites is 1. The first-order valence-electron chi connectivity index (χ1n) is 7.72. The molecule has 1 aromatic carbocycles. The van der Waals surface area contributed by atoms with E-state index in [1.165, 1.54) is 11.1 Å². The highest BCUT2D eigenvalue weighted by molar-refractivity contribution is 5.45. The highest BCUT2D eigenvalue weighted by Gasteiger charge is 2.31. The number of ether oxygens (including phenoxy) is 1. The summed E-state index contributed by atoms with van der Waals surface area (Å²) in [6.45, 7) is 15.4. The fourth-order valence-electron chi connectivity index (χ4n) is 2.54. The van der Waals surface area contributed by atoms with Crippen LogP contribution in [-0.4, -0.2) is 12.1 Å². The van der Waals surface area contributed by atoms with Crippen LogP contribution in [0.5, 0.6) is 5.75 Å². The van der Waals surface area contributed by atoms with Crippen molar-refractivity contribution in [2.24, 2.45) is 11.3 Å². The summed E-state index contributed by atoms with van der Waals surface area (Å²) in [5.74, 6) is 1.78. The average molecular weight is 275 g/mol. The van der Waals surface area contributed by atoms with Gasteiger partial charge in [-0.1, -0.05) is 45.9 Å². The third-order valence-electron chi connectivity index (χ3n) is 4.63. The molecule has 2 heteroatoms. The van der Waals surface area contributed by atoms with Crippen molar-refractivity contribution < 1.29 is 4.74 Å². The van der Waals surface area contributed by atoms with Crippen LogP contribution >= 0.6 is 0 Å². The maximum atomic E-state index is 6.12. The van der Waals surface area contributed by atoms with E-state index in [0.717, 1.165) is 25.3 Å². The molecular weight excluding hydrogens is 246 g/mol. The molecular formula is C18H29NO. The smallest absolute Gasteiger partial charge is 0.127 e. The minimum Gasteiger partial charge on any atom is -0.487 e. The largest absolute Gasteiger partial charge is 0.487 e. The number of hydrogen-bond acceptors (Lipinski definition) is 2. The zero-order valence-electron chi connectivity index (χ0n) is 13.8. The Morgan fingerprint density at radius 3 is 2.65 bits per heavy atom. The van der Waals surface area contributed by atoms with Gasteiger partial charge in [-0.2, -0.15) is 0 Å². The fraction of sp³-hybridized carbons (Fsp3) is 0.667. The second kappa shape index (κ2) is 5.40. The lowest BCUT2D eigenvalue weighted by atomic mass is 9.81. The molecule has 0 radical (unpaired) electrons. The molecule has 1 N–H and O–H groups in total. The van der Waals surface area contributed by atoms with Crippen molar-refractivity contribution in [1.29, 1.82) is 0 Å². The zero-order chi connectivity index (χ0) is 15.0. The Hall–Kier alpha value is -1.02. The molecule has 0 amide bonds. The van der Waals surface area contributed by atoms with Crippen molar-refractivity contribution in [2.75, 3.05) is 6.54 Å². The standard InChI is InChI=1S/C18H29NO/c1-13(2)17(3,4)12-19-11-15-9-7-8-14-10-18(5,6)20-16(14)15/h7-9,13,19H,10-12H2,1-6H3. The van der Waals surface area contributed by atoms with Gasteiger partial charge in [-0.15, -0.1) is 0 Å². The van der Waals surface area contributed by atoms with Gasteiger partial charge in [-0.25, -0.2) is 0 Å². The van der Waals surface area contributed by atoms with E-state index in [4.69, 9.17) is 4.74 Å². The summed E-state index contributed by atoms with van der Waals surface area (Å²) in [4.78, 5) is 0. The molecule has 2 nitrogen and oxygen atoms in total. The molecule has 0 atom stereocenters. The molecule has 0 aliphatic carbocycles. The maximum absolute atomic E-state index is 6.12. The Balaban J connectivity index is 2.01. The summed E-state index contributed by atoms with van der Waals surface area (Å²) < 4.78 is 6.12. The summed E-state index contributed by atoms with van der Waals surface area (Å²) in [5, 5.41) is 3.60. The number of fused-ring (bicyclic) bond motifs is 1. The van der Waals surface area contributed by atoms with Gasteiger partial charge < -0.3 is 10.1 Å². The molecule has 1 aromatic rings. The van der Waals surface area contributed by atoms with Crippen LogP contribution in [0.2, 0.25) is 0 Å². The van der Waals surface area contributed by atoms with E-state index in [9.17, 15) is 0 Å². The lowest BCUT2D eigenvalue weighted by Gasteiger charge is -2.29. The second-order valence-electron chi connectivity index (χ2n) is 7.69. The van der Waals surface area contributed by atoms with E-state index in [0.29, 0.717) is 11.3 Å². The Kier molecular flexibility index (Phi) is 4.15. The first-order valence-corrected chi connectivity index (χ1v) is 7.72. The molecule has 112 valence electrons. The van der Waals surface area contributed by atoms with Gasteiger partial charge >= 0.3 is 0 Å². The van der Waals surface area contributed by atoms with Crippen molar-refractivity contribution in [3.8, 4) is 5.75 Å². The Bertz CT molecular complexity index is 474. The molecule has 1 heterocycles. The zero-order valence-corrected chi connectivity index (χ0v) is 13.8. The van der Waals surface area contributed by atoms with Gasteiger partial charge in [0.25, 0.3) is 0 Å². The summed E-state index contributed by atoms with van der Waals surface area (Å²) in [7, 11) is 0. The molecule has 20 heavy (non-hydrogen) atoms. The molecule has 2 rings (SSSR count). The predicted molar refractivity (Wildman–Crippen MR) is 85.2 cm³/mol. The van der Waals surface area contributed by atoms with Gasteiger partial charge in [-0.05, 0) is 30.7 Å². The van der Waals surface area contributed by atoms with E-state index in [-0.39, 0.29) is 5.60 Å². The van der Waals surface area contributed by atoms with E-state index < -0.39 is 0 Å². The average Bonchev–Trinajstić information content (AvgIpc) is 2.63. The lowest BCUT2D eigenvalue weighted by molar-refractivity contribution is 0.137. The number of benzene rings is 1. The SMILES string of the molecule is CC(C)C(C)(C)CNCc1cccc2c1OC(C)(C)C2. The second-order valence-corrected chi connectivity index (χ2v) is 7.69. The van der Waals surface area contributed by atoms with Crippen molar-refractivity contribution >= 4 is 0 Å². The van der Waals surface area contributed by atoms with Crippen molar-refractivity contribution in [3.63, 3.8) is 0 Å². The first kappa shape index (κ1) is 15.4. The number of nitrogens with one attached hydrogen (secondary N) is 1. The molecule has 0 saturated carbocycles. The van der Waals surface area contributed by atoms with Crippen LogP contribution < -0.4 is 10.1 Å². The quantitative estimate of drug-likeness (QED) is 0.870. The maximum Gasteiger partial charge on any atom is 0.127 e. The van der Waals surface area contributed by atoms with Gasteiger partial charge in [0.05, 0.1) is 0 Å². The van der Waals surface area contributed by atoms with Gasteiger partial charge in [-0.3, -0.25) is 0 Å². The Morgan fingerprint density at radius 2 is 2.00 bits per heavy atom. The van der Waals surface area contributed by atoms with Gasteiger partial charge in [0.2, 0.25) is 0 Å². The van der Waals surface area contributed by atoms with Gasteiger partial charge in [0.1, 0.15) is 11.4 Å². The molecule has 1 aliphatic heterocycles. The Morgan fingerprint density at radius 1 is 1.30 bits per heavy atom. The van der Waals surface area contributed by atoms with Crippen LogP contribution in [0.15, 0.2) is 18.2 Å². The summed E-state index contributed by atoms with van der Waals surface area (Å²) in [6.07, 6.45) is 1.01. The van der Waals surface area contributed by atoms with E-state index in [2.05, 4.69) is 65.1 Å². The lowest BCUT2D eigenvalue weighted by Crippen LogP contribution is -2.33. The minimum absolute atomic E-state index is 0.0599. The Labute approximate surface area is 123 Å².